The first-order valence-electron chi connectivity index (χ1n) is 5.95. The molecule has 2 nitrogen and oxygen atoms in total. The summed E-state index contributed by atoms with van der Waals surface area (Å²) in [6, 6.07) is 9.93. The van der Waals surface area contributed by atoms with Gasteiger partial charge in [0.25, 0.3) is 5.91 Å². The predicted molar refractivity (Wildman–Crippen MR) is 81.5 cm³/mol. The maximum Gasteiger partial charge on any atom is 0.252 e. The first-order valence-corrected chi connectivity index (χ1v) is 7.13. The molecule has 2 rings (SSSR count). The standard InChI is InChI=1S/C15H12BrClFNO/c1-9-2-4-12(16)11(6-9)15(20)19-8-10-3-5-14(18)13(17)7-10/h2-7H,8H2,1H3,(H,19,20). The van der Waals surface area contributed by atoms with Crippen LogP contribution in [-0.2, 0) is 6.54 Å². The lowest BCUT2D eigenvalue weighted by Gasteiger charge is -2.08. The topological polar surface area (TPSA) is 29.1 Å². The Labute approximate surface area is 130 Å². The van der Waals surface area contributed by atoms with E-state index in [0.29, 0.717) is 12.1 Å². The van der Waals surface area contributed by atoms with Crippen LogP contribution in [0.2, 0.25) is 5.02 Å². The molecule has 0 bridgehead atoms. The molecule has 0 saturated carbocycles. The van der Waals surface area contributed by atoms with Gasteiger partial charge in [-0.1, -0.05) is 29.3 Å². The molecule has 2 aromatic rings. The molecule has 0 aliphatic rings. The molecule has 2 aromatic carbocycles. The molecule has 0 fully saturated rings. The minimum absolute atomic E-state index is 0.0495. The monoisotopic (exact) mass is 355 g/mol. The van der Waals surface area contributed by atoms with Gasteiger partial charge in [0.15, 0.2) is 0 Å². The van der Waals surface area contributed by atoms with Crippen LogP contribution in [0.3, 0.4) is 0 Å². The van der Waals surface area contributed by atoms with Gasteiger partial charge in [-0.15, -0.1) is 0 Å². The molecule has 0 spiro atoms. The minimum atomic E-state index is -0.469. The van der Waals surface area contributed by atoms with Crippen LogP contribution in [0.15, 0.2) is 40.9 Å². The summed E-state index contributed by atoms with van der Waals surface area (Å²) >= 11 is 9.04. The van der Waals surface area contributed by atoms with Gasteiger partial charge in [0.1, 0.15) is 5.82 Å². The number of amides is 1. The van der Waals surface area contributed by atoms with Crippen LogP contribution < -0.4 is 5.32 Å². The molecule has 0 heterocycles. The van der Waals surface area contributed by atoms with Gasteiger partial charge in [-0.2, -0.15) is 0 Å². The van der Waals surface area contributed by atoms with Gasteiger partial charge in [-0.05, 0) is 52.7 Å². The number of benzene rings is 2. The minimum Gasteiger partial charge on any atom is -0.348 e. The van der Waals surface area contributed by atoms with Gasteiger partial charge in [0.2, 0.25) is 0 Å². The van der Waals surface area contributed by atoms with E-state index < -0.39 is 5.82 Å². The summed E-state index contributed by atoms with van der Waals surface area (Å²) in [4.78, 5) is 12.1. The average Bonchev–Trinajstić information content (AvgIpc) is 2.42. The molecule has 0 unspecified atom stereocenters. The first-order chi connectivity index (χ1) is 9.47. The van der Waals surface area contributed by atoms with Crippen molar-refractivity contribution >= 4 is 33.4 Å². The Morgan fingerprint density at radius 3 is 2.75 bits per heavy atom. The number of halogens is 3. The van der Waals surface area contributed by atoms with E-state index in [2.05, 4.69) is 21.2 Å². The van der Waals surface area contributed by atoms with E-state index in [1.54, 1.807) is 12.1 Å². The maximum absolute atomic E-state index is 13.0. The molecule has 0 aromatic heterocycles. The Kier molecular flexibility index (Phi) is 4.78. The summed E-state index contributed by atoms with van der Waals surface area (Å²) in [5, 5.41) is 2.83. The molecular weight excluding hydrogens is 345 g/mol. The van der Waals surface area contributed by atoms with Crippen molar-refractivity contribution in [2.24, 2.45) is 0 Å². The van der Waals surface area contributed by atoms with Gasteiger partial charge in [0, 0.05) is 11.0 Å². The number of hydrogen-bond donors (Lipinski definition) is 1. The molecule has 5 heteroatoms. The van der Waals surface area contributed by atoms with Crippen molar-refractivity contribution in [1.29, 1.82) is 0 Å². The molecule has 20 heavy (non-hydrogen) atoms. The second-order valence-electron chi connectivity index (χ2n) is 4.41. The fourth-order valence-electron chi connectivity index (χ4n) is 1.74. The maximum atomic E-state index is 13.0. The van der Waals surface area contributed by atoms with E-state index in [0.717, 1.165) is 15.6 Å². The van der Waals surface area contributed by atoms with Crippen LogP contribution in [-0.4, -0.2) is 5.91 Å². The van der Waals surface area contributed by atoms with Crippen LogP contribution >= 0.6 is 27.5 Å². The smallest absolute Gasteiger partial charge is 0.252 e. The van der Waals surface area contributed by atoms with E-state index in [1.807, 2.05) is 19.1 Å². The summed E-state index contributed by atoms with van der Waals surface area (Å²) in [5.74, 6) is -0.663. The summed E-state index contributed by atoms with van der Waals surface area (Å²) in [5.41, 5.74) is 2.31. The second-order valence-corrected chi connectivity index (χ2v) is 5.68. The molecule has 0 aliphatic carbocycles. The van der Waals surface area contributed by atoms with Crippen molar-refractivity contribution in [1.82, 2.24) is 5.32 Å². The summed E-state index contributed by atoms with van der Waals surface area (Å²) in [6.45, 7) is 2.21. The zero-order valence-electron chi connectivity index (χ0n) is 10.7. The molecule has 1 N–H and O–H groups in total. The zero-order valence-corrected chi connectivity index (χ0v) is 13.1. The Balaban J connectivity index is 2.08. The van der Waals surface area contributed by atoms with Crippen LogP contribution in [0.4, 0.5) is 4.39 Å². The number of aryl methyl sites for hydroxylation is 1. The fraction of sp³-hybridized carbons (Fsp3) is 0.133. The quantitative estimate of drug-likeness (QED) is 0.863. The van der Waals surface area contributed by atoms with Crippen LogP contribution in [0, 0.1) is 12.7 Å². The summed E-state index contributed by atoms with van der Waals surface area (Å²) in [6.07, 6.45) is 0. The molecule has 1 amide bonds. The highest BCUT2D eigenvalue weighted by Gasteiger charge is 2.10. The van der Waals surface area contributed by atoms with E-state index in [1.165, 1.54) is 12.1 Å². The lowest BCUT2D eigenvalue weighted by Crippen LogP contribution is -2.23. The highest BCUT2D eigenvalue weighted by Crippen LogP contribution is 2.19. The molecule has 0 aliphatic heterocycles. The lowest BCUT2D eigenvalue weighted by molar-refractivity contribution is 0.0950. The van der Waals surface area contributed by atoms with Gasteiger partial charge in [-0.25, -0.2) is 4.39 Å². The lowest BCUT2D eigenvalue weighted by atomic mass is 10.1. The van der Waals surface area contributed by atoms with Crippen molar-refractivity contribution in [3.63, 3.8) is 0 Å². The SMILES string of the molecule is Cc1ccc(Br)c(C(=O)NCc2ccc(F)c(Cl)c2)c1. The average molecular weight is 357 g/mol. The third-order valence-corrected chi connectivity index (χ3v) is 3.78. The Hall–Kier alpha value is -1.39. The molecule has 0 saturated heterocycles. The largest absolute Gasteiger partial charge is 0.348 e. The number of hydrogen-bond acceptors (Lipinski definition) is 1. The van der Waals surface area contributed by atoms with Crippen LogP contribution in [0.1, 0.15) is 21.5 Å². The third-order valence-electron chi connectivity index (χ3n) is 2.80. The van der Waals surface area contributed by atoms with Crippen LogP contribution in [0.25, 0.3) is 0 Å². The number of carbonyl (C=O) groups excluding carboxylic acids is 1. The van der Waals surface area contributed by atoms with E-state index in [-0.39, 0.29) is 10.9 Å². The highest BCUT2D eigenvalue weighted by molar-refractivity contribution is 9.10. The summed E-state index contributed by atoms with van der Waals surface area (Å²) in [7, 11) is 0. The van der Waals surface area contributed by atoms with Gasteiger partial charge < -0.3 is 5.32 Å². The van der Waals surface area contributed by atoms with E-state index in [4.69, 9.17) is 11.6 Å². The normalized spacial score (nSPS) is 10.4. The number of nitrogens with one attached hydrogen (secondary N) is 1. The first kappa shape index (κ1) is 15.0. The second kappa shape index (κ2) is 6.37. The Morgan fingerprint density at radius 1 is 1.30 bits per heavy atom. The van der Waals surface area contributed by atoms with Gasteiger partial charge in [-0.3, -0.25) is 4.79 Å². The van der Waals surface area contributed by atoms with Crippen molar-refractivity contribution in [3.8, 4) is 0 Å². The van der Waals surface area contributed by atoms with Crippen molar-refractivity contribution in [2.75, 3.05) is 0 Å². The van der Waals surface area contributed by atoms with Crippen molar-refractivity contribution < 1.29 is 9.18 Å². The summed E-state index contributed by atoms with van der Waals surface area (Å²) < 4.78 is 13.8. The predicted octanol–water partition coefficient (Wildman–Crippen LogP) is 4.48. The van der Waals surface area contributed by atoms with E-state index >= 15 is 0 Å². The zero-order chi connectivity index (χ0) is 14.7. The number of rotatable bonds is 3. The third kappa shape index (κ3) is 3.58. The van der Waals surface area contributed by atoms with Crippen LogP contribution in [0.5, 0.6) is 0 Å². The highest BCUT2D eigenvalue weighted by atomic mass is 79.9. The van der Waals surface area contributed by atoms with Crippen molar-refractivity contribution in [2.45, 2.75) is 13.5 Å². The Morgan fingerprint density at radius 2 is 2.05 bits per heavy atom. The fourth-order valence-corrected chi connectivity index (χ4v) is 2.37. The molecule has 104 valence electrons. The van der Waals surface area contributed by atoms with Gasteiger partial charge in [0.05, 0.1) is 10.6 Å². The van der Waals surface area contributed by atoms with E-state index in [9.17, 15) is 9.18 Å². The molecular formula is C15H12BrClFNO. The Bertz CT molecular complexity index is 660. The number of carbonyl (C=O) groups is 1. The molecule has 0 atom stereocenters. The van der Waals surface area contributed by atoms with Gasteiger partial charge >= 0.3 is 0 Å². The van der Waals surface area contributed by atoms with Crippen molar-refractivity contribution in [3.05, 3.63) is 68.4 Å². The molecule has 0 radical (unpaired) electrons.